The lowest BCUT2D eigenvalue weighted by atomic mass is 9.90. The number of methoxy groups -OCH3 is 2. The largest absolute Gasteiger partial charge is 0.466 e. The van der Waals surface area contributed by atoms with Gasteiger partial charge in [0.2, 0.25) is 5.91 Å². The van der Waals surface area contributed by atoms with Crippen LogP contribution in [0.1, 0.15) is 74.1 Å². The molecular weight excluding hydrogens is 452 g/mol. The van der Waals surface area contributed by atoms with Crippen molar-refractivity contribution in [3.05, 3.63) is 0 Å². The number of rotatable bonds is 12. The molecule has 0 N–H and O–H groups in total. The van der Waals surface area contributed by atoms with Crippen LogP contribution in [0.2, 0.25) is 0 Å². The Labute approximate surface area is 211 Å². The molecule has 35 heavy (non-hydrogen) atoms. The third kappa shape index (κ3) is 8.63. The zero-order valence-corrected chi connectivity index (χ0v) is 23.5. The van der Waals surface area contributed by atoms with E-state index in [1.54, 1.807) is 44.9 Å². The molecule has 0 radical (unpaired) electrons. The highest BCUT2D eigenvalue weighted by atomic mass is 16.6. The molecule has 204 valence electrons. The first-order chi connectivity index (χ1) is 16.3. The lowest BCUT2D eigenvalue weighted by molar-refractivity contribution is -0.156. The van der Waals surface area contributed by atoms with Gasteiger partial charge in [-0.05, 0) is 53.4 Å². The van der Waals surface area contributed by atoms with Gasteiger partial charge in [-0.15, -0.1) is 0 Å². The maximum Gasteiger partial charge on any atom is 0.410 e. The molecule has 1 aliphatic rings. The summed E-state index contributed by atoms with van der Waals surface area (Å²) < 4.78 is 22.3. The van der Waals surface area contributed by atoms with Crippen molar-refractivity contribution >= 4 is 18.0 Å². The van der Waals surface area contributed by atoms with E-state index in [2.05, 4.69) is 0 Å². The van der Waals surface area contributed by atoms with E-state index in [-0.39, 0.29) is 36.3 Å². The van der Waals surface area contributed by atoms with E-state index in [4.69, 9.17) is 18.9 Å². The molecule has 1 fully saturated rings. The second-order valence-electron chi connectivity index (χ2n) is 10.5. The standard InChI is InChI=1S/C26H48N2O7/c1-11-17(3)22(27(8)25(31)35-26(5,6)7)20(32-9)16-21(29)28-15-13-14-19(28)23(33-10)18(4)24(30)34-12-2/h17-20,22-23H,11-16H2,1-10H3. The van der Waals surface area contributed by atoms with Gasteiger partial charge < -0.3 is 28.7 Å². The number of likely N-dealkylation sites (N-methyl/N-ethyl adjacent to an activating group) is 1. The maximum atomic E-state index is 13.5. The number of hydrogen-bond donors (Lipinski definition) is 0. The Bertz CT molecular complexity index is 694. The third-order valence-electron chi connectivity index (χ3n) is 6.84. The molecule has 2 amide bonds. The van der Waals surface area contributed by atoms with Crippen LogP contribution in [-0.4, -0.2) is 92.1 Å². The van der Waals surface area contributed by atoms with Crippen LogP contribution >= 0.6 is 0 Å². The van der Waals surface area contributed by atoms with E-state index in [1.807, 2.05) is 34.6 Å². The summed E-state index contributed by atoms with van der Waals surface area (Å²) in [4.78, 5) is 42.1. The first-order valence-electron chi connectivity index (χ1n) is 12.8. The molecule has 1 rings (SSSR count). The van der Waals surface area contributed by atoms with Crippen molar-refractivity contribution in [3.63, 3.8) is 0 Å². The highest BCUT2D eigenvalue weighted by Crippen LogP contribution is 2.29. The molecule has 0 aliphatic carbocycles. The number of hydrogen-bond acceptors (Lipinski definition) is 7. The number of carbonyl (C=O) groups is 3. The lowest BCUT2D eigenvalue weighted by Crippen LogP contribution is -2.53. The Morgan fingerprint density at radius 3 is 2.20 bits per heavy atom. The van der Waals surface area contributed by atoms with Gasteiger partial charge in [-0.25, -0.2) is 4.79 Å². The summed E-state index contributed by atoms with van der Waals surface area (Å²) in [5, 5.41) is 0. The quantitative estimate of drug-likeness (QED) is 0.375. The summed E-state index contributed by atoms with van der Waals surface area (Å²) in [7, 11) is 4.83. The first-order valence-corrected chi connectivity index (χ1v) is 12.8. The van der Waals surface area contributed by atoms with Crippen LogP contribution < -0.4 is 0 Å². The van der Waals surface area contributed by atoms with Crippen LogP contribution in [0.5, 0.6) is 0 Å². The lowest BCUT2D eigenvalue weighted by Gasteiger charge is -2.39. The Hall–Kier alpha value is -1.87. The normalized spacial score (nSPS) is 20.5. The van der Waals surface area contributed by atoms with E-state index < -0.39 is 29.8 Å². The maximum absolute atomic E-state index is 13.5. The minimum atomic E-state index is -0.628. The third-order valence-corrected chi connectivity index (χ3v) is 6.84. The Morgan fingerprint density at radius 2 is 1.71 bits per heavy atom. The molecular formula is C26H48N2O7. The molecule has 0 saturated carbocycles. The molecule has 1 heterocycles. The zero-order valence-electron chi connectivity index (χ0n) is 23.5. The van der Waals surface area contributed by atoms with E-state index in [9.17, 15) is 14.4 Å². The summed E-state index contributed by atoms with van der Waals surface area (Å²) >= 11 is 0. The fraction of sp³-hybridized carbons (Fsp3) is 0.885. The molecule has 9 nitrogen and oxygen atoms in total. The molecule has 6 unspecified atom stereocenters. The van der Waals surface area contributed by atoms with Gasteiger partial charge in [0.1, 0.15) is 5.60 Å². The van der Waals surface area contributed by atoms with Crippen molar-refractivity contribution in [2.75, 3.05) is 34.4 Å². The minimum Gasteiger partial charge on any atom is -0.466 e. The number of ether oxygens (including phenoxy) is 4. The molecule has 0 spiro atoms. The smallest absolute Gasteiger partial charge is 0.410 e. The molecule has 0 aromatic rings. The molecule has 6 atom stereocenters. The van der Waals surface area contributed by atoms with Gasteiger partial charge >= 0.3 is 12.1 Å². The predicted molar refractivity (Wildman–Crippen MR) is 134 cm³/mol. The van der Waals surface area contributed by atoms with Crippen LogP contribution in [0.15, 0.2) is 0 Å². The number of carbonyl (C=O) groups excluding carboxylic acids is 3. The summed E-state index contributed by atoms with van der Waals surface area (Å²) in [5.41, 5.74) is -0.628. The van der Waals surface area contributed by atoms with Crippen molar-refractivity contribution in [1.82, 2.24) is 9.80 Å². The van der Waals surface area contributed by atoms with Gasteiger partial charge in [0.25, 0.3) is 0 Å². The van der Waals surface area contributed by atoms with E-state index in [0.29, 0.717) is 13.2 Å². The second-order valence-corrected chi connectivity index (χ2v) is 10.5. The van der Waals surface area contributed by atoms with Crippen molar-refractivity contribution < 1.29 is 33.3 Å². The average Bonchev–Trinajstić information content (AvgIpc) is 3.27. The van der Waals surface area contributed by atoms with Crippen molar-refractivity contribution in [3.8, 4) is 0 Å². The first kappa shape index (κ1) is 31.2. The Balaban J connectivity index is 3.09. The van der Waals surface area contributed by atoms with Crippen LogP contribution in [0.25, 0.3) is 0 Å². The fourth-order valence-electron chi connectivity index (χ4n) is 4.87. The predicted octanol–water partition coefficient (Wildman–Crippen LogP) is 3.88. The number of esters is 1. The second kappa shape index (κ2) is 14.0. The van der Waals surface area contributed by atoms with E-state index >= 15 is 0 Å². The van der Waals surface area contributed by atoms with Gasteiger partial charge in [0.15, 0.2) is 0 Å². The molecule has 1 saturated heterocycles. The van der Waals surface area contributed by atoms with E-state index in [1.165, 1.54) is 0 Å². The molecule has 0 bridgehead atoms. The van der Waals surface area contributed by atoms with Gasteiger partial charge in [0, 0.05) is 27.8 Å². The van der Waals surface area contributed by atoms with Crippen LogP contribution in [-0.2, 0) is 28.5 Å². The molecule has 0 aromatic carbocycles. The summed E-state index contributed by atoms with van der Waals surface area (Å²) in [6.45, 7) is 14.0. The number of nitrogens with zero attached hydrogens (tertiary/aromatic N) is 2. The highest BCUT2D eigenvalue weighted by Gasteiger charge is 2.42. The van der Waals surface area contributed by atoms with Crippen molar-refractivity contribution in [2.24, 2.45) is 11.8 Å². The van der Waals surface area contributed by atoms with Gasteiger partial charge in [-0.2, -0.15) is 0 Å². The average molecular weight is 501 g/mol. The minimum absolute atomic E-state index is 0.0789. The van der Waals surface area contributed by atoms with Gasteiger partial charge in [-0.3, -0.25) is 9.59 Å². The topological polar surface area (TPSA) is 94.6 Å². The Kier molecular flexibility index (Phi) is 12.5. The summed E-state index contributed by atoms with van der Waals surface area (Å²) in [6.07, 6.45) is 1.07. The van der Waals surface area contributed by atoms with Crippen LogP contribution in [0.4, 0.5) is 4.79 Å². The monoisotopic (exact) mass is 500 g/mol. The van der Waals surface area contributed by atoms with Crippen molar-refractivity contribution in [2.45, 2.75) is 104 Å². The summed E-state index contributed by atoms with van der Waals surface area (Å²) in [6, 6.07) is -0.573. The van der Waals surface area contributed by atoms with Gasteiger partial charge in [-0.1, -0.05) is 20.3 Å². The number of amides is 2. The van der Waals surface area contributed by atoms with E-state index in [0.717, 1.165) is 19.3 Å². The van der Waals surface area contributed by atoms with Crippen molar-refractivity contribution in [1.29, 1.82) is 0 Å². The molecule has 0 aromatic heterocycles. The van der Waals surface area contributed by atoms with Crippen LogP contribution in [0, 0.1) is 11.8 Å². The number of likely N-dealkylation sites (tertiary alicyclic amines) is 1. The fourth-order valence-corrected chi connectivity index (χ4v) is 4.87. The zero-order chi connectivity index (χ0) is 26.9. The Morgan fingerprint density at radius 1 is 1.09 bits per heavy atom. The SMILES string of the molecule is CCOC(=O)C(C)C(OC)C1CCCN1C(=O)CC(OC)C(C(C)CC)N(C)C(=O)OC(C)(C)C. The summed E-state index contributed by atoms with van der Waals surface area (Å²) in [5.74, 6) is -0.828. The van der Waals surface area contributed by atoms with Gasteiger partial charge in [0.05, 0.1) is 43.2 Å². The highest BCUT2D eigenvalue weighted by molar-refractivity contribution is 5.78. The molecule has 1 aliphatic heterocycles. The van der Waals surface area contributed by atoms with Crippen LogP contribution in [0.3, 0.4) is 0 Å². The molecule has 9 heteroatoms.